The van der Waals surface area contributed by atoms with Gasteiger partial charge in [0.1, 0.15) is 0 Å². The molecule has 1 heterocycles. The zero-order valence-electron chi connectivity index (χ0n) is 11.1. The lowest BCUT2D eigenvalue weighted by Gasteiger charge is -2.02. The predicted octanol–water partition coefficient (Wildman–Crippen LogP) is 2.92. The van der Waals surface area contributed by atoms with Crippen molar-refractivity contribution in [3.8, 4) is 0 Å². The molecule has 0 aliphatic rings. The van der Waals surface area contributed by atoms with E-state index in [1.165, 1.54) is 30.6 Å². The Balaban J connectivity index is 2.01. The minimum atomic E-state index is 0.951. The van der Waals surface area contributed by atoms with Crippen LogP contribution in [-0.2, 0) is 13.1 Å². The molecule has 0 aromatic carbocycles. The van der Waals surface area contributed by atoms with Gasteiger partial charge in [-0.3, -0.25) is 4.68 Å². The van der Waals surface area contributed by atoms with Crippen LogP contribution in [0.4, 0.5) is 0 Å². The van der Waals surface area contributed by atoms with E-state index >= 15 is 0 Å². The third-order valence-electron chi connectivity index (χ3n) is 2.67. The standard InChI is InChI=1S/C13H25N3S/c1-3-8-16-12-13(11-15-16)10-14-7-5-4-6-9-17-2/h11-12,14H,3-10H2,1-2H3. The van der Waals surface area contributed by atoms with Crippen molar-refractivity contribution in [2.75, 3.05) is 18.6 Å². The van der Waals surface area contributed by atoms with Gasteiger partial charge in [-0.25, -0.2) is 0 Å². The molecule has 0 radical (unpaired) electrons. The minimum absolute atomic E-state index is 0.951. The molecule has 0 atom stereocenters. The molecule has 17 heavy (non-hydrogen) atoms. The van der Waals surface area contributed by atoms with Crippen LogP contribution in [0.15, 0.2) is 12.4 Å². The Morgan fingerprint density at radius 1 is 1.35 bits per heavy atom. The third kappa shape index (κ3) is 6.74. The Hall–Kier alpha value is -0.480. The van der Waals surface area contributed by atoms with Gasteiger partial charge in [0, 0.05) is 24.8 Å². The van der Waals surface area contributed by atoms with Crippen molar-refractivity contribution in [1.82, 2.24) is 15.1 Å². The van der Waals surface area contributed by atoms with Gasteiger partial charge >= 0.3 is 0 Å². The molecule has 98 valence electrons. The fourth-order valence-electron chi connectivity index (χ4n) is 1.75. The van der Waals surface area contributed by atoms with Crippen molar-refractivity contribution in [2.45, 2.75) is 45.7 Å². The highest BCUT2D eigenvalue weighted by atomic mass is 32.2. The van der Waals surface area contributed by atoms with Gasteiger partial charge < -0.3 is 5.32 Å². The normalized spacial score (nSPS) is 10.9. The second-order valence-electron chi connectivity index (χ2n) is 4.34. The first-order valence-electron chi connectivity index (χ1n) is 6.57. The molecular formula is C13H25N3S. The molecule has 1 aromatic heterocycles. The summed E-state index contributed by atoms with van der Waals surface area (Å²) in [5.74, 6) is 1.30. The Morgan fingerprint density at radius 2 is 2.24 bits per heavy atom. The van der Waals surface area contributed by atoms with Crippen LogP contribution in [0.2, 0.25) is 0 Å². The quantitative estimate of drug-likeness (QED) is 0.652. The SMILES string of the molecule is CCCn1cc(CNCCCCCSC)cn1. The Labute approximate surface area is 109 Å². The number of rotatable bonds is 10. The number of nitrogens with one attached hydrogen (secondary N) is 1. The van der Waals surface area contributed by atoms with Gasteiger partial charge in [0.25, 0.3) is 0 Å². The molecule has 0 spiro atoms. The van der Waals surface area contributed by atoms with E-state index in [0.29, 0.717) is 0 Å². The molecule has 0 aliphatic heterocycles. The van der Waals surface area contributed by atoms with Crippen molar-refractivity contribution in [2.24, 2.45) is 0 Å². The van der Waals surface area contributed by atoms with Crippen LogP contribution >= 0.6 is 11.8 Å². The summed E-state index contributed by atoms with van der Waals surface area (Å²) in [4.78, 5) is 0. The van der Waals surface area contributed by atoms with Crippen LogP contribution in [0.25, 0.3) is 0 Å². The summed E-state index contributed by atoms with van der Waals surface area (Å²) >= 11 is 1.94. The largest absolute Gasteiger partial charge is 0.313 e. The van der Waals surface area contributed by atoms with Gasteiger partial charge in [0.15, 0.2) is 0 Å². The Kier molecular flexibility index (Phi) is 8.18. The van der Waals surface area contributed by atoms with E-state index in [4.69, 9.17) is 0 Å². The fraction of sp³-hybridized carbons (Fsp3) is 0.769. The van der Waals surface area contributed by atoms with E-state index < -0.39 is 0 Å². The van der Waals surface area contributed by atoms with Gasteiger partial charge in [-0.05, 0) is 37.8 Å². The molecule has 0 fully saturated rings. The van der Waals surface area contributed by atoms with Crippen LogP contribution in [-0.4, -0.2) is 28.3 Å². The van der Waals surface area contributed by atoms with E-state index in [9.17, 15) is 0 Å². The first-order chi connectivity index (χ1) is 8.36. The lowest BCUT2D eigenvalue weighted by molar-refractivity contribution is 0.599. The van der Waals surface area contributed by atoms with E-state index in [0.717, 1.165) is 26.1 Å². The molecule has 0 unspecified atom stereocenters. The summed E-state index contributed by atoms with van der Waals surface area (Å²) in [6.07, 6.45) is 11.4. The third-order valence-corrected chi connectivity index (χ3v) is 3.37. The highest BCUT2D eigenvalue weighted by molar-refractivity contribution is 7.98. The molecule has 1 rings (SSSR count). The van der Waals surface area contributed by atoms with Crippen molar-refractivity contribution in [1.29, 1.82) is 0 Å². The minimum Gasteiger partial charge on any atom is -0.313 e. The number of hydrogen-bond donors (Lipinski definition) is 1. The maximum Gasteiger partial charge on any atom is 0.0534 e. The summed E-state index contributed by atoms with van der Waals surface area (Å²) in [6, 6.07) is 0. The highest BCUT2D eigenvalue weighted by Gasteiger charge is 1.97. The molecule has 0 amide bonds. The van der Waals surface area contributed by atoms with Crippen molar-refractivity contribution >= 4 is 11.8 Å². The number of thioether (sulfide) groups is 1. The van der Waals surface area contributed by atoms with Crippen LogP contribution in [0, 0.1) is 0 Å². The second kappa shape index (κ2) is 9.54. The fourth-order valence-corrected chi connectivity index (χ4v) is 2.25. The van der Waals surface area contributed by atoms with E-state index in [1.807, 2.05) is 22.6 Å². The van der Waals surface area contributed by atoms with Crippen LogP contribution in [0.1, 0.15) is 38.2 Å². The van der Waals surface area contributed by atoms with Gasteiger partial charge in [0.05, 0.1) is 6.20 Å². The number of aromatic nitrogens is 2. The lowest BCUT2D eigenvalue weighted by atomic mass is 10.2. The maximum absolute atomic E-state index is 4.32. The van der Waals surface area contributed by atoms with Crippen molar-refractivity contribution in [3.05, 3.63) is 18.0 Å². The van der Waals surface area contributed by atoms with Gasteiger partial charge in [-0.2, -0.15) is 16.9 Å². The zero-order valence-corrected chi connectivity index (χ0v) is 11.9. The topological polar surface area (TPSA) is 29.9 Å². The summed E-state index contributed by atoms with van der Waals surface area (Å²) in [6.45, 7) is 5.27. The number of nitrogens with zero attached hydrogens (tertiary/aromatic N) is 2. The van der Waals surface area contributed by atoms with E-state index in [1.54, 1.807) is 0 Å². The molecule has 1 N–H and O–H groups in total. The van der Waals surface area contributed by atoms with E-state index in [2.05, 4.69) is 29.8 Å². The zero-order chi connectivity index (χ0) is 12.3. The first kappa shape index (κ1) is 14.6. The average molecular weight is 255 g/mol. The van der Waals surface area contributed by atoms with Crippen LogP contribution in [0.3, 0.4) is 0 Å². The molecule has 0 aliphatic carbocycles. The monoisotopic (exact) mass is 255 g/mol. The number of hydrogen-bond acceptors (Lipinski definition) is 3. The smallest absolute Gasteiger partial charge is 0.0534 e. The summed E-state index contributed by atoms with van der Waals surface area (Å²) in [7, 11) is 0. The molecule has 4 heteroatoms. The van der Waals surface area contributed by atoms with E-state index in [-0.39, 0.29) is 0 Å². The summed E-state index contributed by atoms with van der Waals surface area (Å²) in [5.41, 5.74) is 1.29. The highest BCUT2D eigenvalue weighted by Crippen LogP contribution is 2.02. The maximum atomic E-state index is 4.32. The van der Waals surface area contributed by atoms with Crippen LogP contribution in [0.5, 0.6) is 0 Å². The summed E-state index contributed by atoms with van der Waals surface area (Å²) in [5, 5.41) is 7.79. The molecule has 0 saturated heterocycles. The van der Waals surface area contributed by atoms with Gasteiger partial charge in [-0.1, -0.05) is 13.3 Å². The Morgan fingerprint density at radius 3 is 3.00 bits per heavy atom. The molecular weight excluding hydrogens is 230 g/mol. The molecule has 3 nitrogen and oxygen atoms in total. The molecule has 0 saturated carbocycles. The molecule has 1 aromatic rings. The summed E-state index contributed by atoms with van der Waals surface area (Å²) < 4.78 is 2.02. The van der Waals surface area contributed by atoms with Gasteiger partial charge in [0.2, 0.25) is 0 Å². The Bertz CT molecular complexity index is 286. The predicted molar refractivity (Wildman–Crippen MR) is 76.5 cm³/mol. The second-order valence-corrected chi connectivity index (χ2v) is 5.33. The van der Waals surface area contributed by atoms with Crippen molar-refractivity contribution < 1.29 is 0 Å². The molecule has 0 bridgehead atoms. The first-order valence-corrected chi connectivity index (χ1v) is 7.97. The average Bonchev–Trinajstić information content (AvgIpc) is 2.76. The van der Waals surface area contributed by atoms with Crippen LogP contribution < -0.4 is 5.32 Å². The lowest BCUT2D eigenvalue weighted by Crippen LogP contribution is -2.14. The van der Waals surface area contributed by atoms with Crippen molar-refractivity contribution in [3.63, 3.8) is 0 Å². The number of aryl methyl sites for hydroxylation is 1. The van der Waals surface area contributed by atoms with Gasteiger partial charge in [-0.15, -0.1) is 0 Å². The number of unbranched alkanes of at least 4 members (excludes halogenated alkanes) is 2.